The Morgan fingerprint density at radius 3 is 2.62 bits per heavy atom. The number of benzene rings is 1. The number of hydrogen-bond acceptors (Lipinski definition) is 3. The van der Waals surface area contributed by atoms with Crippen LogP contribution in [-0.4, -0.2) is 36.4 Å². The van der Waals surface area contributed by atoms with E-state index in [1.807, 2.05) is 18.2 Å². The summed E-state index contributed by atoms with van der Waals surface area (Å²) in [5.74, 6) is -0.975. The Hall–Kier alpha value is -2.08. The number of amides is 2. The van der Waals surface area contributed by atoms with Crippen LogP contribution in [0.2, 0.25) is 0 Å². The van der Waals surface area contributed by atoms with E-state index in [1.54, 1.807) is 13.2 Å². The van der Waals surface area contributed by atoms with Crippen LogP contribution in [-0.2, 0) is 16.0 Å². The summed E-state index contributed by atoms with van der Waals surface area (Å²) in [6, 6.07) is 6.92. The smallest absolute Gasteiger partial charge is 0.329 e. The third-order valence-electron chi connectivity index (χ3n) is 3.81. The lowest BCUT2D eigenvalue weighted by atomic mass is 9.77. The molecule has 0 atom stereocenters. The first-order valence-electron chi connectivity index (χ1n) is 6.97. The first kappa shape index (κ1) is 15.3. The van der Waals surface area contributed by atoms with Gasteiger partial charge >= 0.3 is 12.0 Å². The van der Waals surface area contributed by atoms with Gasteiger partial charge in [-0.2, -0.15) is 0 Å². The highest BCUT2D eigenvalue weighted by atomic mass is 16.5. The number of methoxy groups -OCH3 is 1. The Kier molecular flexibility index (Phi) is 4.80. The molecule has 1 aliphatic rings. The number of aliphatic carboxylic acids is 1. The molecule has 0 aliphatic heterocycles. The molecular formula is C15H20N2O4. The van der Waals surface area contributed by atoms with Gasteiger partial charge in [-0.3, -0.25) is 0 Å². The van der Waals surface area contributed by atoms with Crippen molar-refractivity contribution in [1.29, 1.82) is 0 Å². The molecule has 3 N–H and O–H groups in total. The zero-order valence-electron chi connectivity index (χ0n) is 12.0. The van der Waals surface area contributed by atoms with E-state index in [9.17, 15) is 14.7 Å². The van der Waals surface area contributed by atoms with Gasteiger partial charge in [-0.05, 0) is 37.3 Å². The summed E-state index contributed by atoms with van der Waals surface area (Å²) in [5, 5.41) is 14.5. The van der Waals surface area contributed by atoms with Gasteiger partial charge in [0.15, 0.2) is 0 Å². The van der Waals surface area contributed by atoms with Gasteiger partial charge in [0.25, 0.3) is 0 Å². The fraction of sp³-hybridized carbons (Fsp3) is 0.467. The summed E-state index contributed by atoms with van der Waals surface area (Å²) in [6.07, 6.45) is 2.44. The maximum atomic E-state index is 12.0. The van der Waals surface area contributed by atoms with Crippen LogP contribution in [0.1, 0.15) is 24.8 Å². The van der Waals surface area contributed by atoms with Crippen molar-refractivity contribution < 1.29 is 19.4 Å². The molecule has 0 heterocycles. The molecule has 1 aliphatic carbocycles. The van der Waals surface area contributed by atoms with Gasteiger partial charge in [0, 0.05) is 12.8 Å². The number of hydrogen-bond donors (Lipinski definition) is 3. The molecule has 0 unspecified atom stereocenters. The van der Waals surface area contributed by atoms with Crippen molar-refractivity contribution >= 4 is 17.7 Å². The average molecular weight is 292 g/mol. The molecule has 0 bridgehead atoms. The van der Waals surface area contributed by atoms with E-state index >= 15 is 0 Å². The van der Waals surface area contributed by atoms with Gasteiger partial charge in [0.1, 0.15) is 5.54 Å². The molecule has 0 radical (unpaired) electrons. The molecule has 21 heavy (non-hydrogen) atoms. The van der Waals surface area contributed by atoms with Crippen LogP contribution in [0.3, 0.4) is 0 Å². The summed E-state index contributed by atoms with van der Waals surface area (Å²) in [5.41, 5.74) is 0.519. The minimum absolute atomic E-state index is 0.473. The molecule has 6 nitrogen and oxygen atoms in total. The Morgan fingerprint density at radius 1 is 1.33 bits per heavy atom. The number of rotatable bonds is 6. The van der Waals surface area contributed by atoms with Crippen LogP contribution in [0, 0.1) is 0 Å². The predicted molar refractivity (Wildman–Crippen MR) is 78.4 cm³/mol. The average Bonchev–Trinajstić information content (AvgIpc) is 2.41. The number of carboxylic acid groups (broad SMARTS) is 1. The molecule has 1 fully saturated rings. The van der Waals surface area contributed by atoms with Crippen LogP contribution in [0.4, 0.5) is 10.5 Å². The number of nitrogens with one attached hydrogen (secondary N) is 2. The molecule has 2 amide bonds. The lowest BCUT2D eigenvalue weighted by Crippen LogP contribution is -2.60. The molecule has 114 valence electrons. The van der Waals surface area contributed by atoms with Crippen LogP contribution in [0.25, 0.3) is 0 Å². The lowest BCUT2D eigenvalue weighted by molar-refractivity contribution is -0.148. The molecule has 2 rings (SSSR count). The maximum absolute atomic E-state index is 12.0. The highest BCUT2D eigenvalue weighted by Gasteiger charge is 2.45. The zero-order valence-corrected chi connectivity index (χ0v) is 12.0. The summed E-state index contributed by atoms with van der Waals surface area (Å²) in [6.45, 7) is 0.555. The summed E-state index contributed by atoms with van der Waals surface area (Å²) in [7, 11) is 1.62. The van der Waals surface area contributed by atoms with E-state index in [1.165, 1.54) is 0 Å². The first-order valence-corrected chi connectivity index (χ1v) is 6.97. The van der Waals surface area contributed by atoms with Crippen LogP contribution in [0.15, 0.2) is 24.3 Å². The zero-order chi connectivity index (χ0) is 15.3. The molecular weight excluding hydrogens is 272 g/mol. The highest BCUT2D eigenvalue weighted by Crippen LogP contribution is 2.32. The van der Waals surface area contributed by atoms with Gasteiger partial charge in [-0.15, -0.1) is 0 Å². The second kappa shape index (κ2) is 6.58. The first-order chi connectivity index (χ1) is 10.1. The van der Waals surface area contributed by atoms with E-state index in [0.717, 1.165) is 12.0 Å². The van der Waals surface area contributed by atoms with E-state index in [-0.39, 0.29) is 0 Å². The number of carbonyl (C=O) groups excluding carboxylic acids is 1. The quantitative estimate of drug-likeness (QED) is 0.748. The lowest BCUT2D eigenvalue weighted by Gasteiger charge is -2.38. The number of anilines is 1. The van der Waals surface area contributed by atoms with E-state index < -0.39 is 17.5 Å². The van der Waals surface area contributed by atoms with Crippen LogP contribution < -0.4 is 10.6 Å². The monoisotopic (exact) mass is 292 g/mol. The molecule has 1 aromatic carbocycles. The second-order valence-corrected chi connectivity index (χ2v) is 5.22. The van der Waals surface area contributed by atoms with E-state index in [0.29, 0.717) is 31.6 Å². The van der Waals surface area contributed by atoms with Crippen molar-refractivity contribution in [2.45, 2.75) is 31.2 Å². The van der Waals surface area contributed by atoms with Gasteiger partial charge in [-0.25, -0.2) is 9.59 Å². The van der Waals surface area contributed by atoms with Gasteiger partial charge in [0.2, 0.25) is 0 Å². The van der Waals surface area contributed by atoms with Gasteiger partial charge in [-0.1, -0.05) is 18.2 Å². The van der Waals surface area contributed by atoms with E-state index in [2.05, 4.69) is 10.6 Å². The highest BCUT2D eigenvalue weighted by molar-refractivity contribution is 5.94. The number of carbonyl (C=O) groups is 2. The van der Waals surface area contributed by atoms with E-state index in [4.69, 9.17) is 4.74 Å². The number of urea groups is 1. The summed E-state index contributed by atoms with van der Waals surface area (Å²) in [4.78, 5) is 23.3. The number of para-hydroxylation sites is 1. The summed E-state index contributed by atoms with van der Waals surface area (Å²) < 4.78 is 5.04. The molecule has 0 spiro atoms. The Bertz CT molecular complexity index is 526. The summed E-state index contributed by atoms with van der Waals surface area (Å²) >= 11 is 0. The number of carboxylic acids is 1. The Morgan fingerprint density at radius 2 is 2.05 bits per heavy atom. The third-order valence-corrected chi connectivity index (χ3v) is 3.81. The predicted octanol–water partition coefficient (Wildman–Crippen LogP) is 2.00. The van der Waals surface area contributed by atoms with Crippen LogP contribution in [0.5, 0.6) is 0 Å². The minimum atomic E-state index is -1.11. The largest absolute Gasteiger partial charge is 0.480 e. The fourth-order valence-electron chi connectivity index (χ4n) is 2.37. The minimum Gasteiger partial charge on any atom is -0.480 e. The van der Waals surface area contributed by atoms with Gasteiger partial charge in [0.05, 0.1) is 6.61 Å². The van der Waals surface area contributed by atoms with Crippen molar-refractivity contribution in [3.05, 3.63) is 29.8 Å². The molecule has 6 heteroatoms. The maximum Gasteiger partial charge on any atom is 0.329 e. The molecule has 1 saturated carbocycles. The topological polar surface area (TPSA) is 87.7 Å². The van der Waals surface area contributed by atoms with Crippen molar-refractivity contribution in [1.82, 2.24) is 5.32 Å². The van der Waals surface area contributed by atoms with Crippen molar-refractivity contribution in [3.63, 3.8) is 0 Å². The number of ether oxygens (including phenoxy) is 1. The fourth-order valence-corrected chi connectivity index (χ4v) is 2.37. The van der Waals surface area contributed by atoms with Gasteiger partial charge < -0.3 is 20.5 Å². The standard InChI is InChI=1S/C15H20N2O4/c1-21-10-7-11-5-2-3-6-12(11)16-14(20)17-15(13(18)19)8-4-9-15/h2-3,5-6H,4,7-10H2,1H3,(H,18,19)(H2,16,17,20). The normalized spacial score (nSPS) is 15.9. The Balaban J connectivity index is 2.01. The van der Waals surface area contributed by atoms with Crippen LogP contribution >= 0.6 is 0 Å². The third kappa shape index (κ3) is 3.52. The Labute approximate surface area is 123 Å². The molecule has 0 saturated heterocycles. The van der Waals surface area contributed by atoms with Crippen molar-refractivity contribution in [3.8, 4) is 0 Å². The SMILES string of the molecule is COCCc1ccccc1NC(=O)NC1(C(=O)O)CCC1. The molecule has 1 aromatic rings. The molecule has 0 aromatic heterocycles. The van der Waals surface area contributed by atoms with Crippen molar-refractivity contribution in [2.75, 3.05) is 19.0 Å². The second-order valence-electron chi connectivity index (χ2n) is 5.22. The van der Waals surface area contributed by atoms with Crippen molar-refractivity contribution in [2.24, 2.45) is 0 Å².